The number of benzene rings is 2. The molecule has 0 radical (unpaired) electrons. The second-order valence-corrected chi connectivity index (χ2v) is 5.70. The average molecular weight is 367 g/mol. The van der Waals surface area contributed by atoms with Crippen molar-refractivity contribution in [3.8, 4) is 0 Å². The van der Waals surface area contributed by atoms with Gasteiger partial charge in [0.2, 0.25) is 0 Å². The Morgan fingerprint density at radius 1 is 0.864 bits per heavy atom. The SMILES string of the molecule is FC(F)(F)C1=Nc2ccccc2N=C(c2ccc(Br)cc2)C1. The van der Waals surface area contributed by atoms with Gasteiger partial charge in [-0.2, -0.15) is 13.2 Å². The van der Waals surface area contributed by atoms with Crippen molar-refractivity contribution in [2.45, 2.75) is 12.6 Å². The number of halogens is 4. The summed E-state index contributed by atoms with van der Waals surface area (Å²) in [5.41, 5.74) is 0.853. The van der Waals surface area contributed by atoms with Gasteiger partial charge in [0.1, 0.15) is 5.71 Å². The minimum atomic E-state index is -4.48. The molecule has 3 rings (SSSR count). The molecule has 22 heavy (non-hydrogen) atoms. The summed E-state index contributed by atoms with van der Waals surface area (Å²) in [4.78, 5) is 8.16. The van der Waals surface area contributed by atoms with Crippen LogP contribution in [0.15, 0.2) is 63.0 Å². The number of aliphatic imine (C=N–C) groups is 2. The van der Waals surface area contributed by atoms with Crippen LogP contribution in [0.1, 0.15) is 12.0 Å². The summed E-state index contributed by atoms with van der Waals surface area (Å²) >= 11 is 3.31. The molecular weight excluding hydrogens is 357 g/mol. The fourth-order valence-corrected chi connectivity index (χ4v) is 2.42. The van der Waals surface area contributed by atoms with E-state index in [1.807, 2.05) is 0 Å². The summed E-state index contributed by atoms with van der Waals surface area (Å²) in [5.74, 6) is 0. The Labute approximate surface area is 133 Å². The summed E-state index contributed by atoms with van der Waals surface area (Å²) < 4.78 is 40.4. The lowest BCUT2D eigenvalue weighted by atomic mass is 10.0. The first-order chi connectivity index (χ1) is 10.4. The monoisotopic (exact) mass is 366 g/mol. The molecule has 0 amide bonds. The van der Waals surface area contributed by atoms with E-state index in [2.05, 4.69) is 25.9 Å². The molecule has 2 aromatic rings. The van der Waals surface area contributed by atoms with E-state index in [-0.39, 0.29) is 12.1 Å². The highest BCUT2D eigenvalue weighted by Crippen LogP contribution is 2.34. The highest BCUT2D eigenvalue weighted by Gasteiger charge is 2.37. The number of rotatable bonds is 1. The van der Waals surface area contributed by atoms with Crippen LogP contribution in [-0.2, 0) is 0 Å². The summed E-state index contributed by atoms with van der Waals surface area (Å²) in [6.07, 6.45) is -4.83. The molecule has 0 N–H and O–H groups in total. The predicted octanol–water partition coefficient (Wildman–Crippen LogP) is 5.61. The van der Waals surface area contributed by atoms with E-state index in [0.29, 0.717) is 17.0 Å². The zero-order chi connectivity index (χ0) is 15.7. The second-order valence-electron chi connectivity index (χ2n) is 4.79. The van der Waals surface area contributed by atoms with Crippen LogP contribution >= 0.6 is 15.9 Å². The highest BCUT2D eigenvalue weighted by molar-refractivity contribution is 9.10. The van der Waals surface area contributed by atoms with Gasteiger partial charge in [-0.25, -0.2) is 4.99 Å². The van der Waals surface area contributed by atoms with Gasteiger partial charge in [0.15, 0.2) is 0 Å². The summed E-state index contributed by atoms with van der Waals surface area (Å²) in [5, 5.41) is 0. The van der Waals surface area contributed by atoms with Crippen LogP contribution in [0.25, 0.3) is 0 Å². The topological polar surface area (TPSA) is 24.7 Å². The molecule has 1 aliphatic heterocycles. The van der Waals surface area contributed by atoms with Crippen molar-refractivity contribution >= 4 is 38.7 Å². The van der Waals surface area contributed by atoms with Crippen LogP contribution in [0, 0.1) is 0 Å². The number of para-hydroxylation sites is 2. The van der Waals surface area contributed by atoms with Gasteiger partial charge in [-0.15, -0.1) is 0 Å². The van der Waals surface area contributed by atoms with E-state index in [4.69, 9.17) is 0 Å². The van der Waals surface area contributed by atoms with Crippen molar-refractivity contribution in [2.24, 2.45) is 9.98 Å². The maximum absolute atomic E-state index is 13.2. The van der Waals surface area contributed by atoms with Crippen LogP contribution in [0.3, 0.4) is 0 Å². The number of nitrogens with zero attached hydrogens (tertiary/aromatic N) is 2. The van der Waals surface area contributed by atoms with Crippen molar-refractivity contribution in [3.05, 3.63) is 58.6 Å². The van der Waals surface area contributed by atoms with Gasteiger partial charge in [-0.05, 0) is 29.8 Å². The van der Waals surface area contributed by atoms with Crippen molar-refractivity contribution in [3.63, 3.8) is 0 Å². The van der Waals surface area contributed by atoms with E-state index >= 15 is 0 Å². The molecule has 0 aliphatic carbocycles. The molecule has 2 aromatic carbocycles. The molecule has 0 saturated carbocycles. The average Bonchev–Trinajstić information content (AvgIpc) is 2.67. The molecule has 1 aliphatic rings. The number of hydrogen-bond donors (Lipinski definition) is 0. The zero-order valence-corrected chi connectivity index (χ0v) is 12.8. The minimum Gasteiger partial charge on any atom is -0.250 e. The molecule has 0 unspecified atom stereocenters. The second kappa shape index (κ2) is 5.68. The summed E-state index contributed by atoms with van der Waals surface area (Å²) in [7, 11) is 0. The maximum Gasteiger partial charge on any atom is 0.429 e. The number of fused-ring (bicyclic) bond motifs is 1. The first-order valence-corrected chi connectivity index (χ1v) is 7.30. The Balaban J connectivity index is 2.14. The molecule has 0 atom stereocenters. The molecule has 0 bridgehead atoms. The van der Waals surface area contributed by atoms with Crippen LogP contribution in [0.2, 0.25) is 0 Å². The molecule has 0 aromatic heterocycles. The van der Waals surface area contributed by atoms with Crippen molar-refractivity contribution in [1.82, 2.24) is 0 Å². The Kier molecular flexibility index (Phi) is 3.87. The van der Waals surface area contributed by atoms with Gasteiger partial charge in [-0.1, -0.05) is 40.2 Å². The van der Waals surface area contributed by atoms with Gasteiger partial charge >= 0.3 is 6.18 Å². The van der Waals surface area contributed by atoms with Crippen LogP contribution in [0.4, 0.5) is 24.5 Å². The Morgan fingerprint density at radius 2 is 1.45 bits per heavy atom. The third kappa shape index (κ3) is 3.11. The fourth-order valence-electron chi connectivity index (χ4n) is 2.15. The minimum absolute atomic E-state index is 0.238. The molecule has 0 spiro atoms. The molecular formula is C16H10BrF3N2. The smallest absolute Gasteiger partial charge is 0.250 e. The maximum atomic E-state index is 13.2. The summed E-state index contributed by atoms with van der Waals surface area (Å²) in [6.45, 7) is 0. The van der Waals surface area contributed by atoms with Gasteiger partial charge in [-0.3, -0.25) is 4.99 Å². The molecule has 2 nitrogen and oxygen atoms in total. The molecule has 112 valence electrons. The normalized spacial score (nSPS) is 14.7. The van der Waals surface area contributed by atoms with Crippen LogP contribution in [0.5, 0.6) is 0 Å². The first-order valence-electron chi connectivity index (χ1n) is 6.51. The number of hydrogen-bond acceptors (Lipinski definition) is 2. The van der Waals surface area contributed by atoms with E-state index in [1.165, 1.54) is 6.07 Å². The van der Waals surface area contributed by atoms with E-state index < -0.39 is 11.9 Å². The van der Waals surface area contributed by atoms with Gasteiger partial charge in [0, 0.05) is 10.9 Å². The van der Waals surface area contributed by atoms with Crippen molar-refractivity contribution < 1.29 is 13.2 Å². The lowest BCUT2D eigenvalue weighted by Gasteiger charge is -2.10. The van der Waals surface area contributed by atoms with Gasteiger partial charge in [0.25, 0.3) is 0 Å². The van der Waals surface area contributed by atoms with E-state index in [0.717, 1.165) is 4.47 Å². The van der Waals surface area contributed by atoms with Crippen LogP contribution < -0.4 is 0 Å². The zero-order valence-electron chi connectivity index (χ0n) is 11.2. The van der Waals surface area contributed by atoms with E-state index in [9.17, 15) is 13.2 Å². The molecule has 1 heterocycles. The van der Waals surface area contributed by atoms with Crippen molar-refractivity contribution in [1.29, 1.82) is 0 Å². The lowest BCUT2D eigenvalue weighted by molar-refractivity contribution is -0.0596. The molecule has 0 saturated heterocycles. The first kappa shape index (κ1) is 15.0. The Hall–Kier alpha value is -1.95. The standard InChI is InChI=1S/C16H10BrF3N2/c17-11-7-5-10(6-8-11)14-9-15(16(18,19)20)22-13-4-2-1-3-12(13)21-14/h1-8H,9H2. The third-order valence-corrected chi connectivity index (χ3v) is 3.76. The Bertz CT molecular complexity index is 762. The van der Waals surface area contributed by atoms with Crippen LogP contribution in [-0.4, -0.2) is 17.6 Å². The number of alkyl halides is 3. The summed E-state index contributed by atoms with van der Waals surface area (Å²) in [6, 6.07) is 13.6. The quantitative estimate of drug-likeness (QED) is 0.626. The fraction of sp³-hybridized carbons (Fsp3) is 0.125. The molecule has 0 fully saturated rings. The third-order valence-electron chi connectivity index (χ3n) is 3.23. The van der Waals surface area contributed by atoms with Gasteiger partial charge in [0.05, 0.1) is 17.1 Å². The Morgan fingerprint density at radius 3 is 2.05 bits per heavy atom. The van der Waals surface area contributed by atoms with Crippen molar-refractivity contribution in [2.75, 3.05) is 0 Å². The van der Waals surface area contributed by atoms with Gasteiger partial charge < -0.3 is 0 Å². The lowest BCUT2D eigenvalue weighted by Crippen LogP contribution is -2.25. The predicted molar refractivity (Wildman–Crippen MR) is 84.5 cm³/mol. The highest BCUT2D eigenvalue weighted by atomic mass is 79.9. The largest absolute Gasteiger partial charge is 0.429 e. The molecule has 6 heteroatoms. The van der Waals surface area contributed by atoms with E-state index in [1.54, 1.807) is 42.5 Å².